The van der Waals surface area contributed by atoms with Gasteiger partial charge in [-0.2, -0.15) is 0 Å². The molecule has 0 unspecified atom stereocenters. The second kappa shape index (κ2) is 11.5. The van der Waals surface area contributed by atoms with Crippen LogP contribution in [0.25, 0.3) is 11.1 Å². The summed E-state index contributed by atoms with van der Waals surface area (Å²) < 4.78 is 24.5. The lowest BCUT2D eigenvalue weighted by Gasteiger charge is -2.36. The van der Waals surface area contributed by atoms with Gasteiger partial charge in [-0.05, 0) is 72.3 Å². The van der Waals surface area contributed by atoms with Gasteiger partial charge in [0.25, 0.3) is 11.5 Å². The van der Waals surface area contributed by atoms with Crippen LogP contribution >= 0.6 is 0 Å². The van der Waals surface area contributed by atoms with Gasteiger partial charge in [0.05, 0.1) is 5.69 Å². The number of amides is 1. The molecule has 1 N–H and O–H groups in total. The highest BCUT2D eigenvalue weighted by Gasteiger charge is 2.37. The van der Waals surface area contributed by atoms with Gasteiger partial charge in [-0.3, -0.25) is 14.4 Å². The third-order valence-corrected chi connectivity index (χ3v) is 9.61. The van der Waals surface area contributed by atoms with Gasteiger partial charge in [0.2, 0.25) is 0 Å². The van der Waals surface area contributed by atoms with Crippen molar-refractivity contribution in [2.24, 2.45) is 12.5 Å². The first-order chi connectivity index (χ1) is 22.4. The minimum Gasteiger partial charge on any atom is -0.461 e. The van der Waals surface area contributed by atoms with Crippen LogP contribution in [0.4, 0.5) is 21.6 Å². The van der Waals surface area contributed by atoms with Crippen molar-refractivity contribution in [3.8, 4) is 11.1 Å². The fourth-order valence-corrected chi connectivity index (χ4v) is 7.30. The first-order valence-electron chi connectivity index (χ1n) is 16.0. The lowest BCUT2D eigenvalue weighted by Crippen LogP contribution is -2.41. The van der Waals surface area contributed by atoms with Crippen LogP contribution in [0.5, 0.6) is 0 Å². The van der Waals surface area contributed by atoms with E-state index in [1.54, 1.807) is 24.2 Å². The molecule has 2 aliphatic heterocycles. The van der Waals surface area contributed by atoms with Crippen LogP contribution in [0.1, 0.15) is 59.6 Å². The molecule has 4 aromatic rings. The summed E-state index contributed by atoms with van der Waals surface area (Å²) in [6.07, 6.45) is 5.24. The molecule has 0 saturated carbocycles. The minimum atomic E-state index is -0.554. The third-order valence-electron chi connectivity index (χ3n) is 9.61. The van der Waals surface area contributed by atoms with E-state index < -0.39 is 11.8 Å². The zero-order valence-electron chi connectivity index (χ0n) is 27.4. The zero-order valence-corrected chi connectivity index (χ0v) is 27.4. The Bertz CT molecular complexity index is 1970. The maximum absolute atomic E-state index is 15.5. The molecular formula is C36H39FN6O4. The molecule has 0 bridgehead atoms. The van der Waals surface area contributed by atoms with Crippen molar-refractivity contribution in [1.29, 1.82) is 0 Å². The van der Waals surface area contributed by atoms with Crippen LogP contribution in [-0.4, -0.2) is 57.6 Å². The van der Waals surface area contributed by atoms with Gasteiger partial charge < -0.3 is 29.0 Å². The number of hydrogen-bond donors (Lipinski definition) is 1. The summed E-state index contributed by atoms with van der Waals surface area (Å²) in [6, 6.07) is 10.1. The number of anilines is 3. The van der Waals surface area contributed by atoms with Gasteiger partial charge in [0.1, 0.15) is 29.6 Å². The fraction of sp³-hybridized carbons (Fsp3) is 0.389. The van der Waals surface area contributed by atoms with E-state index in [0.717, 1.165) is 31.5 Å². The number of aromatic nitrogens is 3. The number of carbonyl (C=O) groups excluding carboxylic acids is 2. The Morgan fingerprint density at radius 3 is 2.57 bits per heavy atom. The lowest BCUT2D eigenvalue weighted by atomic mass is 9.90. The normalized spacial score (nSPS) is 17.3. The first kappa shape index (κ1) is 30.9. The Labute approximate surface area is 272 Å². The van der Waals surface area contributed by atoms with E-state index in [1.165, 1.54) is 34.9 Å². The van der Waals surface area contributed by atoms with Crippen molar-refractivity contribution in [2.75, 3.05) is 36.9 Å². The summed E-state index contributed by atoms with van der Waals surface area (Å²) in [5.41, 5.74) is 5.96. The van der Waals surface area contributed by atoms with Crippen LogP contribution in [0.2, 0.25) is 0 Å². The van der Waals surface area contributed by atoms with E-state index in [9.17, 15) is 14.4 Å². The number of nitrogens with one attached hydrogen (secondary N) is 1. The average Bonchev–Trinajstić information content (AvgIpc) is 3.49. The number of likely N-dealkylation sites (N-methyl/N-ethyl adjacent to an activating group) is 1. The summed E-state index contributed by atoms with van der Waals surface area (Å²) in [4.78, 5) is 47.6. The summed E-state index contributed by atoms with van der Waals surface area (Å²) in [6.45, 7) is 8.46. The first-order valence-corrected chi connectivity index (χ1v) is 16.0. The van der Waals surface area contributed by atoms with Gasteiger partial charge in [-0.25, -0.2) is 9.37 Å². The molecule has 244 valence electrons. The Balaban J connectivity index is 1.25. The Hall–Kier alpha value is -4.77. The molecule has 10 nitrogen and oxygen atoms in total. The van der Waals surface area contributed by atoms with Crippen molar-refractivity contribution in [3.63, 3.8) is 0 Å². The molecule has 1 amide bonds. The SMILES string of the molecule is CC(=O)OCc1c(-c2cc(Nc3ccc(C4CN(C)C4)cn3)c(=O)n(C)c2)cc(F)cc1N1CCn2c(cc3c2CC(C)(C)C3)C1=O. The predicted molar refractivity (Wildman–Crippen MR) is 178 cm³/mol. The van der Waals surface area contributed by atoms with Crippen molar-refractivity contribution < 1.29 is 18.7 Å². The fourth-order valence-electron chi connectivity index (χ4n) is 7.30. The number of aryl methyl sites for hydroxylation is 1. The molecule has 11 heteroatoms. The number of likely N-dealkylation sites (tertiary alicyclic amines) is 1. The molecule has 3 aliphatic rings. The van der Waals surface area contributed by atoms with Crippen LogP contribution in [0, 0.1) is 11.2 Å². The number of rotatable bonds is 7. The molecule has 1 aromatic carbocycles. The summed E-state index contributed by atoms with van der Waals surface area (Å²) >= 11 is 0. The topological polar surface area (TPSA) is 102 Å². The highest BCUT2D eigenvalue weighted by molar-refractivity contribution is 6.07. The number of ether oxygens (including phenoxy) is 1. The summed E-state index contributed by atoms with van der Waals surface area (Å²) in [7, 11) is 3.70. The van der Waals surface area contributed by atoms with Gasteiger partial charge >= 0.3 is 5.97 Å². The molecular weight excluding hydrogens is 599 g/mol. The Kier molecular flexibility index (Phi) is 7.54. The number of benzene rings is 1. The smallest absolute Gasteiger partial charge is 0.302 e. The third kappa shape index (κ3) is 5.73. The largest absolute Gasteiger partial charge is 0.461 e. The second-order valence-electron chi connectivity index (χ2n) is 13.9. The molecule has 47 heavy (non-hydrogen) atoms. The number of hydrogen-bond acceptors (Lipinski definition) is 7. The quantitative estimate of drug-likeness (QED) is 0.284. The number of pyridine rings is 2. The second-order valence-corrected chi connectivity index (χ2v) is 13.9. The highest BCUT2D eigenvalue weighted by Crippen LogP contribution is 2.41. The molecule has 0 radical (unpaired) electrons. The summed E-state index contributed by atoms with van der Waals surface area (Å²) in [5, 5.41) is 3.14. The average molecular weight is 639 g/mol. The van der Waals surface area contributed by atoms with Gasteiger partial charge in [-0.1, -0.05) is 19.9 Å². The number of carbonyl (C=O) groups is 2. The molecule has 1 aliphatic carbocycles. The van der Waals surface area contributed by atoms with E-state index in [1.807, 2.05) is 24.4 Å². The number of halogens is 1. The van der Waals surface area contributed by atoms with E-state index in [0.29, 0.717) is 52.9 Å². The summed E-state index contributed by atoms with van der Waals surface area (Å²) in [5.74, 6) is -0.334. The van der Waals surface area contributed by atoms with Gasteiger partial charge in [0, 0.05) is 75.3 Å². The minimum absolute atomic E-state index is 0.151. The zero-order chi connectivity index (χ0) is 33.2. The number of fused-ring (bicyclic) bond motifs is 3. The van der Waals surface area contributed by atoms with Crippen LogP contribution in [0.3, 0.4) is 0 Å². The van der Waals surface area contributed by atoms with Crippen LogP contribution in [-0.2, 0) is 42.6 Å². The molecule has 0 spiro atoms. The van der Waals surface area contributed by atoms with E-state index in [4.69, 9.17) is 4.74 Å². The number of nitrogens with zero attached hydrogens (tertiary/aromatic N) is 5. The van der Waals surface area contributed by atoms with Crippen molar-refractivity contribution in [1.82, 2.24) is 19.0 Å². The van der Waals surface area contributed by atoms with E-state index >= 15 is 4.39 Å². The lowest BCUT2D eigenvalue weighted by molar-refractivity contribution is -0.142. The maximum atomic E-state index is 15.5. The van der Waals surface area contributed by atoms with Crippen LogP contribution in [0.15, 0.2) is 53.6 Å². The van der Waals surface area contributed by atoms with Crippen molar-refractivity contribution in [3.05, 3.63) is 93.0 Å². The molecule has 1 fully saturated rings. The molecule has 1 saturated heterocycles. The monoisotopic (exact) mass is 638 g/mol. The number of esters is 1. The maximum Gasteiger partial charge on any atom is 0.302 e. The molecule has 0 atom stereocenters. The molecule has 3 aromatic heterocycles. The standard InChI is InChI=1S/C36H39FN6O4/c1-21(44)47-20-28-27(24-10-29(34(45)41(5)19-24)39-33-7-6-22(16-38-33)25-17-40(4)18-25)12-26(37)13-30(28)43-9-8-42-31(35(43)46)11-23-14-36(2,3)15-32(23)42/h6-7,10-13,16,19,25H,8-9,14-15,17-18,20H2,1-5H3,(H,38,39). The Morgan fingerprint density at radius 1 is 1.09 bits per heavy atom. The molecule has 5 heterocycles. The van der Waals surface area contributed by atoms with Crippen LogP contribution < -0.4 is 15.8 Å². The van der Waals surface area contributed by atoms with E-state index in [-0.39, 0.29) is 29.2 Å². The van der Waals surface area contributed by atoms with E-state index in [2.05, 4.69) is 40.7 Å². The predicted octanol–water partition coefficient (Wildman–Crippen LogP) is 5.01. The van der Waals surface area contributed by atoms with Crippen molar-refractivity contribution >= 4 is 29.1 Å². The van der Waals surface area contributed by atoms with Gasteiger partial charge in [0.15, 0.2) is 0 Å². The van der Waals surface area contributed by atoms with Gasteiger partial charge in [-0.15, -0.1) is 0 Å². The molecule has 7 rings (SSSR count). The van der Waals surface area contributed by atoms with Crippen molar-refractivity contribution in [2.45, 2.75) is 52.7 Å². The highest BCUT2D eigenvalue weighted by atomic mass is 19.1. The Morgan fingerprint density at radius 2 is 1.87 bits per heavy atom.